The molecule has 0 amide bonds. The van der Waals surface area contributed by atoms with E-state index in [0.29, 0.717) is 0 Å². The van der Waals surface area contributed by atoms with Crippen LogP contribution in [0.5, 0.6) is 0 Å². The highest BCUT2D eigenvalue weighted by Crippen LogP contribution is 2.48. The molecule has 0 bridgehead atoms. The molecule has 0 atom stereocenters. The number of hydrogen-bond donors (Lipinski definition) is 2. The molecule has 0 unspecified atom stereocenters. The molecule has 6 aromatic carbocycles. The first-order valence-electron chi connectivity index (χ1n) is 9.34. The quantitative estimate of drug-likeness (QED) is 0.158. The molecule has 6 aromatic rings. The normalized spacial score (nSPS) is 11.9. The molecule has 0 aliphatic carbocycles. The summed E-state index contributed by atoms with van der Waals surface area (Å²) in [6.07, 6.45) is 0. The molecule has 0 saturated carbocycles. The van der Waals surface area contributed by atoms with Crippen LogP contribution in [0.15, 0.2) is 94.7 Å². The van der Waals surface area contributed by atoms with Gasteiger partial charge in [0.2, 0.25) is 0 Å². The minimum Gasteiger partial charge on any atom is -0.142 e. The van der Waals surface area contributed by atoms with Gasteiger partial charge in [-0.3, -0.25) is 0 Å². The standard InChI is InChI=1S/C26H16S2/c27-25-22(16-7-2-1-3-8-16)20-14-6-12-18-17-11-4-9-15-10-5-13-19(21(15)17)24(23(18)20)26(25)28/h1-14,27-28H. The fraction of sp³-hybridized carbons (Fsp3) is 0. The average molecular weight is 393 g/mol. The zero-order chi connectivity index (χ0) is 18.8. The number of fused-ring (bicyclic) bond motifs is 2. The largest absolute Gasteiger partial charge is 0.142 e. The molecule has 0 fully saturated rings. The molecule has 6 rings (SSSR count). The first-order valence-corrected chi connectivity index (χ1v) is 10.2. The molecule has 0 aliphatic rings. The van der Waals surface area contributed by atoms with Crippen LogP contribution in [0.2, 0.25) is 0 Å². The monoisotopic (exact) mass is 392 g/mol. The van der Waals surface area contributed by atoms with E-state index in [4.69, 9.17) is 25.3 Å². The van der Waals surface area contributed by atoms with E-state index in [2.05, 4.69) is 78.9 Å². The van der Waals surface area contributed by atoms with Crippen LogP contribution in [-0.4, -0.2) is 0 Å². The van der Waals surface area contributed by atoms with E-state index in [1.165, 1.54) is 48.7 Å². The summed E-state index contributed by atoms with van der Waals surface area (Å²) in [4.78, 5) is 1.88. The van der Waals surface area contributed by atoms with Gasteiger partial charge in [0.15, 0.2) is 0 Å². The van der Waals surface area contributed by atoms with E-state index in [1.807, 2.05) is 6.07 Å². The second-order valence-electron chi connectivity index (χ2n) is 7.25. The Labute approximate surface area is 174 Å². The Morgan fingerprint density at radius 2 is 1.04 bits per heavy atom. The van der Waals surface area contributed by atoms with Crippen molar-refractivity contribution in [2.45, 2.75) is 9.79 Å². The van der Waals surface area contributed by atoms with Crippen molar-refractivity contribution < 1.29 is 0 Å². The smallest absolute Gasteiger partial charge is 0.0266 e. The van der Waals surface area contributed by atoms with Crippen LogP contribution in [-0.2, 0) is 0 Å². The number of thiol groups is 2. The Morgan fingerprint density at radius 3 is 1.79 bits per heavy atom. The SMILES string of the molecule is Sc1c(-c2ccccc2)c2cccc3c4cccc5cccc(c(c1S)c23)c54. The molecule has 132 valence electrons. The fourth-order valence-electron chi connectivity index (χ4n) is 4.67. The second kappa shape index (κ2) is 5.91. The Morgan fingerprint density at radius 1 is 0.429 bits per heavy atom. The van der Waals surface area contributed by atoms with E-state index in [9.17, 15) is 0 Å². The molecule has 0 aliphatic heterocycles. The summed E-state index contributed by atoms with van der Waals surface area (Å²) < 4.78 is 0. The highest BCUT2D eigenvalue weighted by atomic mass is 32.1. The van der Waals surface area contributed by atoms with Crippen molar-refractivity contribution in [2.75, 3.05) is 0 Å². The van der Waals surface area contributed by atoms with Crippen molar-refractivity contribution in [2.24, 2.45) is 0 Å². The van der Waals surface area contributed by atoms with Gasteiger partial charge in [0.25, 0.3) is 0 Å². The van der Waals surface area contributed by atoms with E-state index in [-0.39, 0.29) is 0 Å². The van der Waals surface area contributed by atoms with Crippen LogP contribution in [0.3, 0.4) is 0 Å². The Balaban J connectivity index is 1.98. The van der Waals surface area contributed by atoms with E-state index >= 15 is 0 Å². The summed E-state index contributed by atoms with van der Waals surface area (Å²) in [5, 5.41) is 10.1. The van der Waals surface area contributed by atoms with Gasteiger partial charge in [0.1, 0.15) is 0 Å². The Kier molecular flexibility index (Phi) is 3.44. The predicted molar refractivity (Wildman–Crippen MR) is 128 cm³/mol. The summed E-state index contributed by atoms with van der Waals surface area (Å²) in [6.45, 7) is 0. The van der Waals surface area contributed by atoms with Crippen LogP contribution < -0.4 is 0 Å². The van der Waals surface area contributed by atoms with E-state index in [0.717, 1.165) is 15.4 Å². The molecule has 28 heavy (non-hydrogen) atoms. The number of rotatable bonds is 1. The highest BCUT2D eigenvalue weighted by molar-refractivity contribution is 7.83. The first-order chi connectivity index (χ1) is 13.8. The van der Waals surface area contributed by atoms with Crippen molar-refractivity contribution in [1.29, 1.82) is 0 Å². The fourth-order valence-corrected chi connectivity index (χ4v) is 5.38. The third kappa shape index (κ3) is 2.05. The van der Waals surface area contributed by atoms with Crippen LogP contribution in [0, 0.1) is 0 Å². The van der Waals surface area contributed by atoms with E-state index in [1.54, 1.807) is 0 Å². The zero-order valence-corrected chi connectivity index (χ0v) is 16.8. The summed E-state index contributed by atoms with van der Waals surface area (Å²) in [5.41, 5.74) is 2.32. The van der Waals surface area contributed by atoms with Gasteiger partial charge in [-0.2, -0.15) is 0 Å². The van der Waals surface area contributed by atoms with Crippen LogP contribution >= 0.6 is 25.3 Å². The lowest BCUT2D eigenvalue weighted by atomic mass is 9.87. The minimum absolute atomic E-state index is 0.936. The van der Waals surface area contributed by atoms with Gasteiger partial charge >= 0.3 is 0 Å². The van der Waals surface area contributed by atoms with Crippen molar-refractivity contribution in [1.82, 2.24) is 0 Å². The highest BCUT2D eigenvalue weighted by Gasteiger charge is 2.20. The summed E-state index contributed by atoms with van der Waals surface area (Å²) in [5.74, 6) is 0. The van der Waals surface area contributed by atoms with Gasteiger partial charge in [-0.05, 0) is 43.3 Å². The predicted octanol–water partition coefficient (Wildman–Crippen LogP) is 7.98. The van der Waals surface area contributed by atoms with E-state index < -0.39 is 0 Å². The van der Waals surface area contributed by atoms with Gasteiger partial charge in [-0.25, -0.2) is 0 Å². The van der Waals surface area contributed by atoms with Gasteiger partial charge in [0, 0.05) is 20.7 Å². The Hall–Kier alpha value is -2.68. The molecule has 0 heterocycles. The van der Waals surface area contributed by atoms with Crippen LogP contribution in [0.4, 0.5) is 0 Å². The molecular formula is C26H16S2. The van der Waals surface area contributed by atoms with Gasteiger partial charge in [-0.1, -0.05) is 84.9 Å². The van der Waals surface area contributed by atoms with Crippen LogP contribution in [0.1, 0.15) is 0 Å². The van der Waals surface area contributed by atoms with Crippen molar-refractivity contribution in [3.8, 4) is 11.1 Å². The molecular weight excluding hydrogens is 376 g/mol. The van der Waals surface area contributed by atoms with Gasteiger partial charge in [0.05, 0.1) is 0 Å². The zero-order valence-electron chi connectivity index (χ0n) is 15.0. The molecule has 0 aromatic heterocycles. The van der Waals surface area contributed by atoms with Crippen molar-refractivity contribution >= 4 is 68.3 Å². The average Bonchev–Trinajstić information content (AvgIpc) is 2.74. The molecule has 0 saturated heterocycles. The Bertz CT molecular complexity index is 1510. The third-order valence-corrected chi connectivity index (χ3v) is 6.88. The third-order valence-electron chi connectivity index (χ3n) is 5.81. The molecule has 0 N–H and O–H groups in total. The maximum atomic E-state index is 4.99. The van der Waals surface area contributed by atoms with Crippen LogP contribution in [0.25, 0.3) is 54.2 Å². The number of hydrogen-bond acceptors (Lipinski definition) is 2. The lowest BCUT2D eigenvalue weighted by Crippen LogP contribution is -1.92. The number of benzene rings is 6. The van der Waals surface area contributed by atoms with Gasteiger partial charge in [-0.15, -0.1) is 25.3 Å². The van der Waals surface area contributed by atoms with Crippen molar-refractivity contribution in [3.63, 3.8) is 0 Å². The maximum absolute atomic E-state index is 4.99. The van der Waals surface area contributed by atoms with Gasteiger partial charge < -0.3 is 0 Å². The summed E-state index contributed by atoms with van der Waals surface area (Å²) >= 11 is 9.94. The lowest BCUT2D eigenvalue weighted by molar-refractivity contribution is 1.34. The lowest BCUT2D eigenvalue weighted by Gasteiger charge is -2.20. The molecule has 0 nitrogen and oxygen atoms in total. The maximum Gasteiger partial charge on any atom is 0.0266 e. The topological polar surface area (TPSA) is 0 Å². The summed E-state index contributed by atoms with van der Waals surface area (Å²) in [6, 6.07) is 30.2. The minimum atomic E-state index is 0.936. The van der Waals surface area contributed by atoms with Crippen molar-refractivity contribution in [3.05, 3.63) is 84.9 Å². The second-order valence-corrected chi connectivity index (χ2v) is 8.15. The first kappa shape index (κ1) is 16.3. The molecule has 0 radical (unpaired) electrons. The molecule has 2 heteroatoms. The molecule has 0 spiro atoms. The summed E-state index contributed by atoms with van der Waals surface area (Å²) in [7, 11) is 0.